The first-order valence-electron chi connectivity index (χ1n) is 8.84. The molecule has 0 spiro atoms. The molecule has 0 aliphatic rings. The molecule has 2 amide bonds. The summed E-state index contributed by atoms with van der Waals surface area (Å²) in [6, 6.07) is 12.2. The van der Waals surface area contributed by atoms with Crippen LogP contribution in [-0.4, -0.2) is 29.4 Å². The molecule has 2 aromatic rings. The van der Waals surface area contributed by atoms with Crippen molar-refractivity contribution < 1.29 is 19.1 Å². The Kier molecular flexibility index (Phi) is 6.53. The molecule has 0 aliphatic heterocycles. The fourth-order valence-corrected chi connectivity index (χ4v) is 2.46. The minimum absolute atomic E-state index is 0.253. The topological polar surface area (TPSA) is 125 Å². The maximum absolute atomic E-state index is 12.3. The number of carbonyl (C=O) groups is 3. The van der Waals surface area contributed by atoms with Crippen LogP contribution in [0.25, 0.3) is 0 Å². The van der Waals surface area contributed by atoms with E-state index in [0.29, 0.717) is 16.8 Å². The van der Waals surface area contributed by atoms with E-state index >= 15 is 0 Å². The zero-order chi connectivity index (χ0) is 20.9. The molecule has 0 aromatic heterocycles. The summed E-state index contributed by atoms with van der Waals surface area (Å²) in [4.78, 5) is 35.6. The third-order valence-electron chi connectivity index (χ3n) is 3.79. The number of amides is 2. The largest absolute Gasteiger partial charge is 0.456 e. The van der Waals surface area contributed by atoms with Crippen molar-refractivity contribution in [2.75, 3.05) is 5.32 Å². The molecule has 0 aliphatic carbocycles. The van der Waals surface area contributed by atoms with E-state index in [1.165, 1.54) is 0 Å². The molecular formula is C21H25N3O4. The minimum Gasteiger partial charge on any atom is -0.456 e. The summed E-state index contributed by atoms with van der Waals surface area (Å²) in [5, 5.41) is 2.71. The SMILES string of the molecule is CC(C)(C)OC(=O)c1ccc(NC(=O)[C@@H](N)Cc2cccc(C(N)=O)c2)cc1. The Hall–Kier alpha value is -3.19. The quantitative estimate of drug-likeness (QED) is 0.660. The Morgan fingerprint density at radius 2 is 1.68 bits per heavy atom. The van der Waals surface area contributed by atoms with Gasteiger partial charge >= 0.3 is 5.97 Å². The van der Waals surface area contributed by atoms with Gasteiger partial charge in [0.25, 0.3) is 0 Å². The van der Waals surface area contributed by atoms with Crippen LogP contribution in [0.15, 0.2) is 48.5 Å². The van der Waals surface area contributed by atoms with Gasteiger partial charge in [0.2, 0.25) is 11.8 Å². The smallest absolute Gasteiger partial charge is 0.338 e. The summed E-state index contributed by atoms with van der Waals surface area (Å²) in [6.07, 6.45) is 0.253. The third-order valence-corrected chi connectivity index (χ3v) is 3.79. The highest BCUT2D eigenvalue weighted by molar-refractivity contribution is 5.96. The van der Waals surface area contributed by atoms with Gasteiger partial charge in [-0.1, -0.05) is 12.1 Å². The average molecular weight is 383 g/mol. The van der Waals surface area contributed by atoms with Gasteiger partial charge in [0, 0.05) is 11.3 Å². The van der Waals surface area contributed by atoms with E-state index < -0.39 is 23.5 Å². The summed E-state index contributed by atoms with van der Waals surface area (Å²) >= 11 is 0. The Labute approximate surface area is 164 Å². The van der Waals surface area contributed by atoms with Gasteiger partial charge in [0.15, 0.2) is 0 Å². The van der Waals surface area contributed by atoms with Gasteiger partial charge in [0.05, 0.1) is 11.6 Å². The van der Waals surface area contributed by atoms with Crippen LogP contribution in [0.3, 0.4) is 0 Å². The molecule has 148 valence electrons. The Morgan fingerprint density at radius 1 is 1.04 bits per heavy atom. The fraction of sp³-hybridized carbons (Fsp3) is 0.286. The summed E-state index contributed by atoms with van der Waals surface area (Å²) in [5.74, 6) is -1.35. The first kappa shape index (κ1) is 21.1. The number of hydrogen-bond donors (Lipinski definition) is 3. The zero-order valence-corrected chi connectivity index (χ0v) is 16.2. The van der Waals surface area contributed by atoms with Gasteiger partial charge in [-0.05, 0) is 69.2 Å². The van der Waals surface area contributed by atoms with Crippen LogP contribution in [0.1, 0.15) is 47.1 Å². The molecule has 2 rings (SSSR count). The van der Waals surface area contributed by atoms with Crippen molar-refractivity contribution in [2.24, 2.45) is 11.5 Å². The van der Waals surface area contributed by atoms with E-state index in [2.05, 4.69) is 5.32 Å². The van der Waals surface area contributed by atoms with E-state index in [1.807, 2.05) is 0 Å². The summed E-state index contributed by atoms with van der Waals surface area (Å²) in [6.45, 7) is 5.38. The van der Waals surface area contributed by atoms with Gasteiger partial charge in [-0.15, -0.1) is 0 Å². The van der Waals surface area contributed by atoms with Crippen LogP contribution < -0.4 is 16.8 Å². The van der Waals surface area contributed by atoms with Crippen molar-refractivity contribution in [2.45, 2.75) is 38.8 Å². The molecule has 28 heavy (non-hydrogen) atoms. The lowest BCUT2D eigenvalue weighted by Crippen LogP contribution is -2.37. The van der Waals surface area contributed by atoms with Crippen LogP contribution in [-0.2, 0) is 16.0 Å². The predicted molar refractivity (Wildman–Crippen MR) is 107 cm³/mol. The van der Waals surface area contributed by atoms with E-state index in [4.69, 9.17) is 16.2 Å². The molecular weight excluding hydrogens is 358 g/mol. The second kappa shape index (κ2) is 8.67. The normalized spacial score (nSPS) is 12.1. The molecule has 0 fully saturated rings. The van der Waals surface area contributed by atoms with Gasteiger partial charge in [-0.25, -0.2) is 4.79 Å². The van der Waals surface area contributed by atoms with Crippen molar-refractivity contribution in [3.8, 4) is 0 Å². The van der Waals surface area contributed by atoms with E-state index in [-0.39, 0.29) is 12.3 Å². The molecule has 0 radical (unpaired) electrons. The fourth-order valence-electron chi connectivity index (χ4n) is 2.46. The number of rotatable bonds is 6. The van der Waals surface area contributed by atoms with Crippen molar-refractivity contribution in [1.82, 2.24) is 0 Å². The summed E-state index contributed by atoms with van der Waals surface area (Å²) in [5.41, 5.74) is 12.6. The first-order chi connectivity index (χ1) is 13.0. The first-order valence-corrected chi connectivity index (χ1v) is 8.84. The van der Waals surface area contributed by atoms with Crippen molar-refractivity contribution in [3.63, 3.8) is 0 Å². The number of nitrogens with one attached hydrogen (secondary N) is 1. The van der Waals surface area contributed by atoms with Gasteiger partial charge in [-0.3, -0.25) is 9.59 Å². The molecule has 0 saturated heterocycles. The number of anilines is 1. The molecule has 0 saturated carbocycles. The highest BCUT2D eigenvalue weighted by atomic mass is 16.6. The summed E-state index contributed by atoms with van der Waals surface area (Å²) in [7, 11) is 0. The average Bonchev–Trinajstić information content (AvgIpc) is 2.61. The van der Waals surface area contributed by atoms with E-state index in [9.17, 15) is 14.4 Å². The Morgan fingerprint density at radius 3 is 2.25 bits per heavy atom. The van der Waals surface area contributed by atoms with Crippen molar-refractivity contribution in [3.05, 3.63) is 65.2 Å². The number of nitrogens with two attached hydrogens (primary N) is 2. The van der Waals surface area contributed by atoms with Gasteiger partial charge < -0.3 is 21.5 Å². The molecule has 0 unspecified atom stereocenters. The van der Waals surface area contributed by atoms with E-state index in [1.54, 1.807) is 69.3 Å². The molecule has 7 heteroatoms. The van der Waals surface area contributed by atoms with Crippen LogP contribution in [0, 0.1) is 0 Å². The lowest BCUT2D eigenvalue weighted by Gasteiger charge is -2.19. The second-order valence-corrected chi connectivity index (χ2v) is 7.44. The second-order valence-electron chi connectivity index (χ2n) is 7.44. The number of benzene rings is 2. The third kappa shape index (κ3) is 6.21. The van der Waals surface area contributed by atoms with Crippen LogP contribution in [0.2, 0.25) is 0 Å². The zero-order valence-electron chi connectivity index (χ0n) is 16.2. The monoisotopic (exact) mass is 383 g/mol. The molecule has 2 aromatic carbocycles. The summed E-state index contributed by atoms with van der Waals surface area (Å²) < 4.78 is 5.30. The lowest BCUT2D eigenvalue weighted by atomic mass is 10.0. The Balaban J connectivity index is 1.97. The van der Waals surface area contributed by atoms with Gasteiger partial charge in [-0.2, -0.15) is 0 Å². The number of hydrogen-bond acceptors (Lipinski definition) is 5. The number of carbonyl (C=O) groups excluding carboxylic acids is 3. The number of ether oxygens (including phenoxy) is 1. The predicted octanol–water partition coefficient (Wildman–Crippen LogP) is 2.25. The Bertz CT molecular complexity index is 870. The van der Waals surface area contributed by atoms with Crippen LogP contribution >= 0.6 is 0 Å². The molecule has 1 atom stereocenters. The molecule has 0 bridgehead atoms. The van der Waals surface area contributed by atoms with Crippen LogP contribution in [0.4, 0.5) is 5.69 Å². The van der Waals surface area contributed by atoms with Crippen molar-refractivity contribution >= 4 is 23.5 Å². The molecule has 7 nitrogen and oxygen atoms in total. The maximum atomic E-state index is 12.3. The number of esters is 1. The maximum Gasteiger partial charge on any atom is 0.338 e. The van der Waals surface area contributed by atoms with E-state index in [0.717, 1.165) is 5.56 Å². The number of primary amides is 1. The molecule has 0 heterocycles. The lowest BCUT2D eigenvalue weighted by molar-refractivity contribution is -0.117. The van der Waals surface area contributed by atoms with Gasteiger partial charge in [0.1, 0.15) is 5.60 Å². The van der Waals surface area contributed by atoms with Crippen LogP contribution in [0.5, 0.6) is 0 Å². The standard InChI is InChI=1S/C21H25N3O4/c1-21(2,3)28-20(27)14-7-9-16(10-8-14)24-19(26)17(22)12-13-5-4-6-15(11-13)18(23)25/h4-11,17H,12,22H2,1-3H3,(H2,23,25)(H,24,26)/t17-/m0/s1. The highest BCUT2D eigenvalue weighted by Gasteiger charge is 2.18. The molecule has 5 N–H and O–H groups in total. The minimum atomic E-state index is -0.811. The highest BCUT2D eigenvalue weighted by Crippen LogP contribution is 2.15. The van der Waals surface area contributed by atoms with Crippen molar-refractivity contribution in [1.29, 1.82) is 0 Å².